The molecule has 3 fully saturated rings. The van der Waals surface area contributed by atoms with Gasteiger partial charge >= 0.3 is 0 Å². The van der Waals surface area contributed by atoms with E-state index >= 15 is 0 Å². The molecule has 18 heteroatoms. The molecular weight excluding hydrogens is 1780 g/mol. The summed E-state index contributed by atoms with van der Waals surface area (Å²) < 4.78 is 119. The molecule has 0 saturated heterocycles. The topological polar surface area (TPSA) is 191 Å². The minimum absolute atomic E-state index is 0.0492. The van der Waals surface area contributed by atoms with Crippen LogP contribution in [-0.2, 0) is 63.0 Å². The fourth-order valence-corrected chi connectivity index (χ4v) is 27.8. The van der Waals surface area contributed by atoms with Gasteiger partial charge in [-0.15, -0.1) is 0 Å². The Kier molecular flexibility index (Phi) is 37.9. The van der Waals surface area contributed by atoms with Crippen LogP contribution < -0.4 is 14.2 Å². The van der Waals surface area contributed by atoms with Gasteiger partial charge in [0.2, 0.25) is 9.79 Å². The molecular formula is C116H143O12S6+3. The van der Waals surface area contributed by atoms with Gasteiger partial charge in [0.25, 0.3) is 30.4 Å². The van der Waals surface area contributed by atoms with Crippen molar-refractivity contribution in [1.29, 1.82) is 0 Å². The van der Waals surface area contributed by atoms with E-state index in [9.17, 15) is 38.9 Å². The Hall–Kier alpha value is -9.18. The zero-order chi connectivity index (χ0) is 96.8. The Labute approximate surface area is 812 Å². The van der Waals surface area contributed by atoms with E-state index in [1.54, 1.807) is 0 Å². The Morgan fingerprint density at radius 1 is 0.306 bits per heavy atom. The maximum Gasteiger partial charge on any atom is 0.295 e. The van der Waals surface area contributed by atoms with Gasteiger partial charge in [0.05, 0.1) is 21.8 Å². The van der Waals surface area contributed by atoms with E-state index in [4.69, 9.17) is 14.2 Å². The first kappa shape index (κ1) is 105. The van der Waals surface area contributed by atoms with Gasteiger partial charge in [0.15, 0.2) is 45.8 Å². The Balaban J connectivity index is 0.000000156. The fourth-order valence-electron chi connectivity index (χ4n) is 18.0. The molecule has 16 rings (SSSR count). The smallest absolute Gasteiger partial charge is 0.295 e. The highest BCUT2D eigenvalue weighted by atomic mass is 32.2. The monoisotopic (exact) mass is 1920 g/mol. The molecule has 12 aromatic rings. The number of para-hydroxylation sites is 2. The van der Waals surface area contributed by atoms with Crippen molar-refractivity contribution in [3.63, 3.8) is 0 Å². The zero-order valence-corrected chi connectivity index (χ0v) is 86.8. The Morgan fingerprint density at radius 2 is 0.560 bits per heavy atom. The van der Waals surface area contributed by atoms with E-state index in [1.807, 2.05) is 104 Å². The third-order valence-corrected chi connectivity index (χ3v) is 34.2. The summed E-state index contributed by atoms with van der Waals surface area (Å²) in [6.07, 6.45) is 17.7. The highest BCUT2D eigenvalue weighted by Gasteiger charge is 2.40. The van der Waals surface area contributed by atoms with Gasteiger partial charge in [0.1, 0.15) is 48.3 Å². The molecule has 12 aromatic carbocycles. The van der Waals surface area contributed by atoms with Crippen molar-refractivity contribution >= 4 is 63.0 Å². The van der Waals surface area contributed by atoms with Crippen LogP contribution in [0.3, 0.4) is 0 Å². The first-order chi connectivity index (χ1) is 63.6. The van der Waals surface area contributed by atoms with Crippen LogP contribution in [0, 0.1) is 0 Å². The molecule has 1 aliphatic heterocycles. The average Bonchev–Trinajstić information content (AvgIpc) is 0.757. The van der Waals surface area contributed by atoms with E-state index in [0.717, 1.165) is 70.9 Å². The van der Waals surface area contributed by atoms with Gasteiger partial charge in [-0.1, -0.05) is 293 Å². The number of hydrogen-bond donors (Lipinski definition) is 3. The fraction of sp³-hybridized carbons (Fsp3) is 0.379. The van der Waals surface area contributed by atoms with Crippen molar-refractivity contribution in [2.75, 3.05) is 0 Å². The maximum atomic E-state index is 12.6. The van der Waals surface area contributed by atoms with Gasteiger partial charge in [-0.05, 0) is 317 Å². The SMILES string of the molecule is CC(C)(C)Oc1ccc([S+](c2ccccc2)c2ccccc2)cc1.CC(C)(C)Oc1ccc([S+](c2ccccc2)c2ccccc2)cc1.CC(C)c1cc(C(C)C)c(S(=O)(=O)O)c(C(C)C)c1.CC(C)c1cc(C(C)C)c(S(=O)(=O)O)c(C(C)C)c1.O=S(=O)(O)c1c(C2CCCCC2)cc(C2CCCCC2)cc1C1CCCCC1.c1ccc([S+]2c3ccccc3Oc3ccccc32)cc1. The minimum atomic E-state index is -4.21. The second-order valence-electron chi connectivity index (χ2n) is 39.3. The van der Waals surface area contributed by atoms with Crippen molar-refractivity contribution in [1.82, 2.24) is 0 Å². The van der Waals surface area contributed by atoms with Crippen molar-refractivity contribution < 1.29 is 53.1 Å². The molecule has 3 saturated carbocycles. The lowest BCUT2D eigenvalue weighted by molar-refractivity contribution is 0.130. The van der Waals surface area contributed by atoms with Crippen LogP contribution in [0.1, 0.15) is 324 Å². The standard InChI is InChI=1S/C24H36O3S.2C22H23OS.C18H13OS.2C15H24O3S/c25-28(26,27)24-22(19-12-6-2-7-13-19)16-21(18-10-4-1-5-11-18)17-23(24)20-14-8-3-9-15-20;2*1-22(2,3)23-18-14-16-21(17-15-18)24(19-10-6-4-7-11-19)20-12-8-5-9-13-20;1-2-8-14(9-3-1)20-17-12-6-4-10-15(17)19-16-11-5-7-13-18(16)20;2*1-9(2)12-7-13(10(3)4)15(19(16,17)18)14(8-12)11(5)6/h16-20H,1-15H2,(H,25,26,27);2*4-17H,1-3H3;1-13H;2*7-11H,1-6H3,(H,16,17,18)/q;3*+1;;. The second kappa shape index (κ2) is 48.2. The summed E-state index contributed by atoms with van der Waals surface area (Å²) in [5, 5.41) is 0. The number of benzene rings is 12. The molecule has 0 aromatic heterocycles. The van der Waals surface area contributed by atoms with E-state index in [0.29, 0.717) is 44.9 Å². The molecule has 3 N–H and O–H groups in total. The van der Waals surface area contributed by atoms with Crippen LogP contribution in [0.4, 0.5) is 0 Å². The maximum absolute atomic E-state index is 12.6. The van der Waals surface area contributed by atoms with Crippen LogP contribution in [0.15, 0.2) is 344 Å². The van der Waals surface area contributed by atoms with Crippen LogP contribution >= 0.6 is 0 Å². The molecule has 134 heavy (non-hydrogen) atoms. The third kappa shape index (κ3) is 29.4. The van der Waals surface area contributed by atoms with Crippen LogP contribution in [0.5, 0.6) is 23.0 Å². The van der Waals surface area contributed by atoms with Gasteiger partial charge < -0.3 is 14.2 Å². The Bertz CT molecular complexity index is 5610. The molecule has 712 valence electrons. The van der Waals surface area contributed by atoms with Gasteiger partial charge in [0, 0.05) is 0 Å². The first-order valence-electron chi connectivity index (χ1n) is 48.0. The van der Waals surface area contributed by atoms with Crippen LogP contribution in [0.2, 0.25) is 0 Å². The van der Waals surface area contributed by atoms with Crippen molar-refractivity contribution in [2.24, 2.45) is 0 Å². The normalized spacial score (nSPS) is 14.7. The predicted molar refractivity (Wildman–Crippen MR) is 556 cm³/mol. The quantitative estimate of drug-likeness (QED) is 0.0456. The summed E-state index contributed by atoms with van der Waals surface area (Å²) in [6.45, 7) is 36.3. The van der Waals surface area contributed by atoms with Crippen LogP contribution in [0.25, 0.3) is 0 Å². The van der Waals surface area contributed by atoms with E-state index in [1.165, 1.54) is 120 Å². The van der Waals surface area contributed by atoms with Crippen molar-refractivity contribution in [3.8, 4) is 23.0 Å². The lowest BCUT2D eigenvalue weighted by Crippen LogP contribution is -2.22. The van der Waals surface area contributed by atoms with E-state index < -0.39 is 30.4 Å². The molecule has 0 amide bonds. The molecule has 12 nitrogen and oxygen atoms in total. The molecule has 0 radical (unpaired) electrons. The van der Waals surface area contributed by atoms with Crippen LogP contribution in [-0.4, -0.2) is 50.1 Å². The third-order valence-electron chi connectivity index (χ3n) is 24.5. The summed E-state index contributed by atoms with van der Waals surface area (Å²) in [6, 6.07) is 99.1. The molecule has 0 bridgehead atoms. The summed E-state index contributed by atoms with van der Waals surface area (Å²) in [5.41, 5.74) is 7.94. The Morgan fingerprint density at radius 3 is 0.821 bits per heavy atom. The highest BCUT2D eigenvalue weighted by molar-refractivity contribution is 7.97. The molecule has 0 spiro atoms. The number of fused-ring (bicyclic) bond motifs is 2. The lowest BCUT2D eigenvalue weighted by Gasteiger charge is -2.31. The minimum Gasteiger partial charge on any atom is -0.488 e. The summed E-state index contributed by atoms with van der Waals surface area (Å²) in [7, 11) is -12.9. The van der Waals surface area contributed by atoms with Gasteiger partial charge in [-0.3, -0.25) is 13.7 Å². The summed E-state index contributed by atoms with van der Waals surface area (Å²) in [4.78, 5) is 12.3. The second-order valence-corrected chi connectivity index (χ2v) is 49.4. The molecule has 0 atom stereocenters. The lowest BCUT2D eigenvalue weighted by atomic mass is 9.76. The zero-order valence-electron chi connectivity index (χ0n) is 81.9. The van der Waals surface area contributed by atoms with Crippen molar-refractivity contribution in [2.45, 2.75) is 344 Å². The summed E-state index contributed by atoms with van der Waals surface area (Å²) in [5.74, 6) is 5.75. The molecule has 4 aliphatic rings. The highest BCUT2D eigenvalue weighted by Crippen LogP contribution is 2.50. The molecule has 1 heterocycles. The number of ether oxygens (including phenoxy) is 3. The van der Waals surface area contributed by atoms with Crippen molar-refractivity contribution in [3.05, 3.63) is 335 Å². The predicted octanol–water partition coefficient (Wildman–Crippen LogP) is 32.5. The van der Waals surface area contributed by atoms with E-state index in [-0.39, 0.29) is 89.2 Å². The number of hydrogen-bond acceptors (Lipinski definition) is 9. The molecule has 3 aliphatic carbocycles. The van der Waals surface area contributed by atoms with Gasteiger partial charge in [-0.2, -0.15) is 25.3 Å². The molecule has 0 unspecified atom stereocenters. The average molecular weight is 1920 g/mol. The number of rotatable bonds is 21. The first-order valence-corrected chi connectivity index (χ1v) is 56.0. The largest absolute Gasteiger partial charge is 0.488 e. The van der Waals surface area contributed by atoms with E-state index in [2.05, 4.69) is 306 Å². The van der Waals surface area contributed by atoms with Gasteiger partial charge in [-0.25, -0.2) is 0 Å². The summed E-state index contributed by atoms with van der Waals surface area (Å²) >= 11 is 0.